The average molecular weight is 326 g/mol. The van der Waals surface area contributed by atoms with Gasteiger partial charge in [-0.1, -0.05) is 60.7 Å². The highest BCUT2D eigenvalue weighted by molar-refractivity contribution is 6.10. The normalized spacial score (nSPS) is 17.3. The monoisotopic (exact) mass is 326 g/mol. The smallest absolute Gasteiger partial charge is 0.293 e. The van der Waals surface area contributed by atoms with Gasteiger partial charge < -0.3 is 0 Å². The van der Waals surface area contributed by atoms with Crippen molar-refractivity contribution in [1.29, 1.82) is 0 Å². The average Bonchev–Trinajstić information content (AvgIpc) is 2.92. The number of halogens is 3. The summed E-state index contributed by atoms with van der Waals surface area (Å²) in [5.41, 5.74) is 2.08. The second-order valence-corrected chi connectivity index (χ2v) is 6.03. The van der Waals surface area contributed by atoms with Gasteiger partial charge in [0.1, 0.15) is 5.92 Å². The molecule has 1 atom stereocenters. The fourth-order valence-corrected chi connectivity index (χ4v) is 3.50. The number of alkyl halides is 3. The maximum Gasteiger partial charge on any atom is 0.399 e. The molecule has 0 N–H and O–H groups in total. The van der Waals surface area contributed by atoms with E-state index in [4.69, 9.17) is 0 Å². The van der Waals surface area contributed by atoms with E-state index in [-0.39, 0.29) is 12.0 Å². The molecule has 120 valence electrons. The van der Waals surface area contributed by atoms with Crippen molar-refractivity contribution in [3.05, 3.63) is 71.8 Å². The Morgan fingerprint density at radius 2 is 1.50 bits per heavy atom. The molecule has 1 nitrogen and oxygen atoms in total. The van der Waals surface area contributed by atoms with Gasteiger partial charge >= 0.3 is 6.18 Å². The molecule has 1 aliphatic rings. The van der Waals surface area contributed by atoms with Crippen LogP contribution in [-0.2, 0) is 6.42 Å². The summed E-state index contributed by atoms with van der Waals surface area (Å²) in [6.07, 6.45) is -4.78. The Kier molecular flexibility index (Phi) is 3.23. The van der Waals surface area contributed by atoms with Gasteiger partial charge in [-0.2, -0.15) is 13.2 Å². The van der Waals surface area contributed by atoms with Crippen molar-refractivity contribution in [3.63, 3.8) is 0 Å². The fraction of sp³-hybridized carbons (Fsp3) is 0.150. The maximum absolute atomic E-state index is 13.1. The third kappa shape index (κ3) is 2.21. The summed E-state index contributed by atoms with van der Waals surface area (Å²) < 4.78 is 39.4. The van der Waals surface area contributed by atoms with Gasteiger partial charge in [-0.25, -0.2) is 0 Å². The molecule has 24 heavy (non-hydrogen) atoms. The number of benzene rings is 3. The number of Topliss-reactive ketones (excluding diaryl/α,β-unsaturated/α-hetero) is 1. The van der Waals surface area contributed by atoms with Crippen molar-refractivity contribution in [2.24, 2.45) is 5.92 Å². The van der Waals surface area contributed by atoms with E-state index in [0.717, 1.165) is 16.3 Å². The lowest BCUT2D eigenvalue weighted by Crippen LogP contribution is -2.28. The van der Waals surface area contributed by atoms with Crippen molar-refractivity contribution in [1.82, 2.24) is 0 Å². The zero-order chi connectivity index (χ0) is 16.9. The van der Waals surface area contributed by atoms with Crippen molar-refractivity contribution in [2.45, 2.75) is 12.6 Å². The fourth-order valence-electron chi connectivity index (χ4n) is 3.50. The molecule has 0 bridgehead atoms. The second-order valence-electron chi connectivity index (χ2n) is 6.03. The van der Waals surface area contributed by atoms with Gasteiger partial charge in [0.05, 0.1) is 0 Å². The molecule has 0 fully saturated rings. The molecule has 0 saturated carbocycles. The number of carbonyl (C=O) groups excluding carboxylic acids is 1. The van der Waals surface area contributed by atoms with Crippen LogP contribution in [0, 0.1) is 5.92 Å². The van der Waals surface area contributed by atoms with Crippen molar-refractivity contribution >= 4 is 16.6 Å². The molecule has 0 heterocycles. The van der Waals surface area contributed by atoms with Crippen LogP contribution in [0.5, 0.6) is 0 Å². The minimum absolute atomic E-state index is 0.219. The van der Waals surface area contributed by atoms with Crippen LogP contribution in [0.15, 0.2) is 60.7 Å². The Labute approximate surface area is 136 Å². The lowest BCUT2D eigenvalue weighted by molar-refractivity contribution is -0.158. The highest BCUT2D eigenvalue weighted by Crippen LogP contribution is 2.42. The molecular weight excluding hydrogens is 313 g/mol. The Morgan fingerprint density at radius 1 is 0.833 bits per heavy atom. The minimum Gasteiger partial charge on any atom is -0.293 e. The maximum atomic E-state index is 13.1. The van der Waals surface area contributed by atoms with Gasteiger partial charge in [0.15, 0.2) is 5.78 Å². The zero-order valence-electron chi connectivity index (χ0n) is 12.6. The zero-order valence-corrected chi connectivity index (χ0v) is 12.6. The number of hydrogen-bond acceptors (Lipinski definition) is 1. The van der Waals surface area contributed by atoms with E-state index in [2.05, 4.69) is 0 Å². The van der Waals surface area contributed by atoms with Crippen LogP contribution in [0.4, 0.5) is 13.2 Å². The molecule has 0 amide bonds. The first-order valence-corrected chi connectivity index (χ1v) is 7.68. The van der Waals surface area contributed by atoms with Gasteiger partial charge in [0.2, 0.25) is 0 Å². The van der Waals surface area contributed by atoms with Crippen LogP contribution in [0.3, 0.4) is 0 Å². The number of ketones is 1. The quantitative estimate of drug-likeness (QED) is 0.583. The largest absolute Gasteiger partial charge is 0.399 e. The van der Waals surface area contributed by atoms with Crippen LogP contribution in [-0.4, -0.2) is 12.0 Å². The number of rotatable bonds is 1. The number of carbonyl (C=O) groups is 1. The Hall–Kier alpha value is -2.62. The number of fused-ring (bicyclic) bond motifs is 2. The third-order valence-corrected chi connectivity index (χ3v) is 4.61. The molecule has 0 radical (unpaired) electrons. The topological polar surface area (TPSA) is 17.1 Å². The predicted octanol–water partition coefficient (Wildman–Crippen LogP) is 5.42. The van der Waals surface area contributed by atoms with Crippen LogP contribution >= 0.6 is 0 Å². The standard InChI is InChI=1S/C20H13F3O/c21-20(22,23)17-11-13-7-4-10-16(18(13)19(17)24)15-9-3-6-12-5-1-2-8-14(12)15/h1-10,17H,11H2. The van der Waals surface area contributed by atoms with Crippen LogP contribution < -0.4 is 0 Å². The van der Waals surface area contributed by atoms with Crippen molar-refractivity contribution in [3.8, 4) is 11.1 Å². The first-order chi connectivity index (χ1) is 11.5. The summed E-state index contributed by atoms with van der Waals surface area (Å²) in [6.45, 7) is 0. The molecule has 0 saturated heterocycles. The summed E-state index contributed by atoms with van der Waals surface area (Å²) >= 11 is 0. The highest BCUT2D eigenvalue weighted by Gasteiger charge is 2.49. The summed E-state index contributed by atoms with van der Waals surface area (Å²) in [5, 5.41) is 1.92. The Morgan fingerprint density at radius 3 is 2.29 bits per heavy atom. The second kappa shape index (κ2) is 5.20. The summed E-state index contributed by atoms with van der Waals surface area (Å²) in [6, 6.07) is 18.4. The first-order valence-electron chi connectivity index (χ1n) is 7.68. The van der Waals surface area contributed by atoms with Gasteiger partial charge in [-0.15, -0.1) is 0 Å². The van der Waals surface area contributed by atoms with Crippen molar-refractivity contribution < 1.29 is 18.0 Å². The Balaban J connectivity index is 1.94. The summed E-state index contributed by atoms with van der Waals surface area (Å²) in [5.74, 6) is -2.75. The lowest BCUT2D eigenvalue weighted by atomic mass is 9.92. The minimum atomic E-state index is -4.51. The molecular formula is C20H13F3O. The number of hydrogen-bond donors (Lipinski definition) is 0. The van der Waals surface area contributed by atoms with E-state index in [0.29, 0.717) is 11.1 Å². The molecule has 1 aliphatic carbocycles. The summed E-state index contributed by atoms with van der Waals surface area (Å²) in [4.78, 5) is 12.5. The van der Waals surface area contributed by atoms with Gasteiger partial charge in [0, 0.05) is 5.56 Å². The van der Waals surface area contributed by atoms with E-state index < -0.39 is 17.9 Å². The van der Waals surface area contributed by atoms with Gasteiger partial charge in [0.25, 0.3) is 0 Å². The van der Waals surface area contributed by atoms with Gasteiger partial charge in [-0.05, 0) is 33.9 Å². The predicted molar refractivity (Wildman–Crippen MR) is 87.0 cm³/mol. The van der Waals surface area contributed by atoms with Crippen molar-refractivity contribution in [2.75, 3.05) is 0 Å². The van der Waals surface area contributed by atoms with E-state index in [1.807, 2.05) is 42.5 Å². The SMILES string of the molecule is O=C1c2c(cccc2-c2cccc3ccccc23)CC1C(F)(F)F. The lowest BCUT2D eigenvalue weighted by Gasteiger charge is -2.13. The summed E-state index contributed by atoms with van der Waals surface area (Å²) in [7, 11) is 0. The van der Waals surface area contributed by atoms with Gasteiger partial charge in [-0.3, -0.25) is 4.79 Å². The molecule has 0 spiro atoms. The van der Waals surface area contributed by atoms with E-state index in [1.165, 1.54) is 0 Å². The third-order valence-electron chi connectivity index (χ3n) is 4.61. The molecule has 0 aliphatic heterocycles. The molecule has 4 heteroatoms. The van der Waals surface area contributed by atoms with Crippen LogP contribution in [0.25, 0.3) is 21.9 Å². The van der Waals surface area contributed by atoms with Crippen LogP contribution in [0.1, 0.15) is 15.9 Å². The van der Waals surface area contributed by atoms with E-state index in [9.17, 15) is 18.0 Å². The van der Waals surface area contributed by atoms with Crippen LogP contribution in [0.2, 0.25) is 0 Å². The molecule has 1 unspecified atom stereocenters. The highest BCUT2D eigenvalue weighted by atomic mass is 19.4. The molecule has 4 rings (SSSR count). The molecule has 3 aromatic carbocycles. The van der Waals surface area contributed by atoms with E-state index >= 15 is 0 Å². The molecule has 0 aromatic heterocycles. The van der Waals surface area contributed by atoms with E-state index in [1.54, 1.807) is 18.2 Å². The molecule has 3 aromatic rings. The Bertz CT molecular complexity index is 951. The first kappa shape index (κ1) is 14.9.